The first-order valence-electron chi connectivity index (χ1n) is 7.79. The number of anilines is 1. The fourth-order valence-electron chi connectivity index (χ4n) is 2.60. The predicted octanol–water partition coefficient (Wildman–Crippen LogP) is 3.52. The van der Waals surface area contributed by atoms with E-state index in [2.05, 4.69) is 42.8 Å². The molecule has 1 aromatic carbocycles. The topological polar surface area (TPSA) is 53.2 Å². The summed E-state index contributed by atoms with van der Waals surface area (Å²) >= 11 is 0. The molecule has 1 fully saturated rings. The number of urea groups is 1. The summed E-state index contributed by atoms with van der Waals surface area (Å²) in [6.45, 7) is 7.33. The van der Waals surface area contributed by atoms with E-state index in [9.17, 15) is 4.79 Å². The molecule has 4 heteroatoms. The first-order chi connectivity index (χ1) is 9.97. The zero-order valence-corrected chi connectivity index (χ0v) is 13.5. The van der Waals surface area contributed by atoms with E-state index < -0.39 is 0 Å². The SMILES string of the molecule is CNC(C)c1cccc(NC(=O)NCC2(C(C)C)CC2)c1. The minimum Gasteiger partial charge on any atom is -0.337 e. The van der Waals surface area contributed by atoms with Gasteiger partial charge in [0.2, 0.25) is 0 Å². The molecule has 0 saturated heterocycles. The van der Waals surface area contributed by atoms with Gasteiger partial charge in [0.1, 0.15) is 0 Å². The van der Waals surface area contributed by atoms with Crippen LogP contribution in [0.4, 0.5) is 10.5 Å². The summed E-state index contributed by atoms with van der Waals surface area (Å²) in [5, 5.41) is 9.13. The largest absolute Gasteiger partial charge is 0.337 e. The highest BCUT2D eigenvalue weighted by Gasteiger charge is 2.45. The van der Waals surface area contributed by atoms with E-state index in [0.717, 1.165) is 17.8 Å². The first-order valence-corrected chi connectivity index (χ1v) is 7.79. The smallest absolute Gasteiger partial charge is 0.319 e. The van der Waals surface area contributed by atoms with E-state index in [1.807, 2.05) is 25.2 Å². The Balaban J connectivity index is 1.88. The third-order valence-electron chi connectivity index (χ3n) is 4.80. The van der Waals surface area contributed by atoms with E-state index >= 15 is 0 Å². The molecule has 1 atom stereocenters. The number of rotatable bonds is 6. The molecular formula is C17H27N3O. The molecule has 0 radical (unpaired) electrons. The molecule has 1 aliphatic carbocycles. The van der Waals surface area contributed by atoms with Crippen LogP contribution in [-0.2, 0) is 0 Å². The maximum atomic E-state index is 12.0. The number of benzene rings is 1. The van der Waals surface area contributed by atoms with Gasteiger partial charge < -0.3 is 16.0 Å². The van der Waals surface area contributed by atoms with Gasteiger partial charge in [0.15, 0.2) is 0 Å². The molecule has 1 unspecified atom stereocenters. The Kier molecular flexibility index (Phi) is 4.88. The number of hydrogen-bond acceptors (Lipinski definition) is 2. The van der Waals surface area contributed by atoms with Crippen molar-refractivity contribution < 1.29 is 4.79 Å². The van der Waals surface area contributed by atoms with Gasteiger partial charge in [-0.2, -0.15) is 0 Å². The van der Waals surface area contributed by atoms with E-state index in [4.69, 9.17) is 0 Å². The van der Waals surface area contributed by atoms with Crippen LogP contribution < -0.4 is 16.0 Å². The van der Waals surface area contributed by atoms with Gasteiger partial charge in [0.05, 0.1) is 0 Å². The van der Waals surface area contributed by atoms with Crippen LogP contribution in [0.3, 0.4) is 0 Å². The van der Waals surface area contributed by atoms with E-state index in [-0.39, 0.29) is 12.1 Å². The molecule has 0 bridgehead atoms. The maximum absolute atomic E-state index is 12.0. The van der Waals surface area contributed by atoms with Crippen LogP contribution >= 0.6 is 0 Å². The van der Waals surface area contributed by atoms with E-state index in [1.165, 1.54) is 12.8 Å². The van der Waals surface area contributed by atoms with Gasteiger partial charge in [-0.05, 0) is 55.8 Å². The quantitative estimate of drug-likeness (QED) is 0.750. The Morgan fingerprint density at radius 1 is 1.29 bits per heavy atom. The second kappa shape index (κ2) is 6.48. The third-order valence-corrected chi connectivity index (χ3v) is 4.80. The van der Waals surface area contributed by atoms with Gasteiger partial charge in [-0.25, -0.2) is 4.79 Å². The standard InChI is InChI=1S/C17H27N3O/c1-12(2)17(8-9-17)11-19-16(21)20-15-7-5-6-14(10-15)13(3)18-4/h5-7,10,12-13,18H,8-9,11H2,1-4H3,(H2,19,20,21). The Morgan fingerprint density at radius 2 is 2.00 bits per heavy atom. The van der Waals surface area contributed by atoms with Crippen LogP contribution in [0.1, 0.15) is 45.2 Å². The average molecular weight is 289 g/mol. The fraction of sp³-hybridized carbons (Fsp3) is 0.588. The monoisotopic (exact) mass is 289 g/mol. The van der Waals surface area contributed by atoms with E-state index in [1.54, 1.807) is 0 Å². The molecule has 116 valence electrons. The minimum absolute atomic E-state index is 0.115. The van der Waals surface area contributed by atoms with Crippen LogP contribution in [0.25, 0.3) is 0 Å². The minimum atomic E-state index is -0.115. The highest BCUT2D eigenvalue weighted by molar-refractivity contribution is 5.89. The van der Waals surface area contributed by atoms with Crippen LogP contribution in [0, 0.1) is 11.3 Å². The molecule has 1 aromatic rings. The van der Waals surface area contributed by atoms with Gasteiger partial charge in [0.25, 0.3) is 0 Å². The van der Waals surface area contributed by atoms with Crippen molar-refractivity contribution in [1.82, 2.24) is 10.6 Å². The number of nitrogens with one attached hydrogen (secondary N) is 3. The summed E-state index contributed by atoms with van der Waals surface area (Å²) in [4.78, 5) is 12.0. The van der Waals surface area contributed by atoms with Gasteiger partial charge in [-0.1, -0.05) is 26.0 Å². The van der Waals surface area contributed by atoms with Crippen molar-refractivity contribution in [2.45, 2.75) is 39.7 Å². The van der Waals surface area contributed by atoms with Crippen LogP contribution in [-0.4, -0.2) is 19.6 Å². The Bertz CT molecular complexity index is 495. The fourth-order valence-corrected chi connectivity index (χ4v) is 2.60. The lowest BCUT2D eigenvalue weighted by atomic mass is 9.92. The van der Waals surface area contributed by atoms with Crippen LogP contribution in [0.5, 0.6) is 0 Å². The number of amides is 2. The van der Waals surface area contributed by atoms with Crippen LogP contribution in [0.15, 0.2) is 24.3 Å². The summed E-state index contributed by atoms with van der Waals surface area (Å²) in [5.74, 6) is 0.623. The van der Waals surface area contributed by atoms with Crippen molar-refractivity contribution in [2.75, 3.05) is 18.9 Å². The summed E-state index contributed by atoms with van der Waals surface area (Å²) in [6.07, 6.45) is 2.44. The summed E-state index contributed by atoms with van der Waals surface area (Å²) in [5.41, 5.74) is 2.33. The molecule has 2 rings (SSSR count). The van der Waals surface area contributed by atoms with Crippen molar-refractivity contribution in [3.63, 3.8) is 0 Å². The molecule has 2 amide bonds. The molecule has 0 aliphatic heterocycles. The molecule has 0 spiro atoms. The second-order valence-electron chi connectivity index (χ2n) is 6.46. The molecule has 4 nitrogen and oxygen atoms in total. The first kappa shape index (κ1) is 15.8. The average Bonchev–Trinajstić information content (AvgIpc) is 3.26. The molecule has 21 heavy (non-hydrogen) atoms. The highest BCUT2D eigenvalue weighted by Crippen LogP contribution is 2.51. The van der Waals surface area contributed by atoms with Crippen molar-refractivity contribution in [3.8, 4) is 0 Å². The zero-order chi connectivity index (χ0) is 15.5. The maximum Gasteiger partial charge on any atom is 0.319 e. The lowest BCUT2D eigenvalue weighted by Gasteiger charge is -2.20. The van der Waals surface area contributed by atoms with Gasteiger partial charge in [0, 0.05) is 18.3 Å². The van der Waals surface area contributed by atoms with Crippen molar-refractivity contribution in [1.29, 1.82) is 0 Å². The predicted molar refractivity (Wildman–Crippen MR) is 87.4 cm³/mol. The summed E-state index contributed by atoms with van der Waals surface area (Å²) in [6, 6.07) is 8.11. The molecule has 3 N–H and O–H groups in total. The van der Waals surface area contributed by atoms with Crippen molar-refractivity contribution in [2.24, 2.45) is 11.3 Å². The molecule has 0 heterocycles. The zero-order valence-electron chi connectivity index (χ0n) is 13.5. The number of hydrogen-bond donors (Lipinski definition) is 3. The second-order valence-corrected chi connectivity index (χ2v) is 6.46. The molecule has 1 saturated carbocycles. The Labute approximate surface area is 127 Å². The molecule has 1 aliphatic rings. The van der Waals surface area contributed by atoms with Gasteiger partial charge in [-0.15, -0.1) is 0 Å². The lowest BCUT2D eigenvalue weighted by Crippen LogP contribution is -2.35. The normalized spacial score (nSPS) is 17.4. The van der Waals surface area contributed by atoms with Crippen molar-refractivity contribution >= 4 is 11.7 Å². The summed E-state index contributed by atoms with van der Waals surface area (Å²) < 4.78 is 0. The van der Waals surface area contributed by atoms with Crippen molar-refractivity contribution in [3.05, 3.63) is 29.8 Å². The molecule has 0 aromatic heterocycles. The molecular weight excluding hydrogens is 262 g/mol. The number of carbonyl (C=O) groups excluding carboxylic acids is 1. The summed E-state index contributed by atoms with van der Waals surface area (Å²) in [7, 11) is 1.93. The lowest BCUT2D eigenvalue weighted by molar-refractivity contribution is 0.246. The Morgan fingerprint density at radius 3 is 2.57 bits per heavy atom. The highest BCUT2D eigenvalue weighted by atomic mass is 16.2. The van der Waals surface area contributed by atoms with Crippen LogP contribution in [0.2, 0.25) is 0 Å². The van der Waals surface area contributed by atoms with Gasteiger partial charge in [-0.3, -0.25) is 0 Å². The third kappa shape index (κ3) is 3.97. The Hall–Kier alpha value is -1.55. The van der Waals surface area contributed by atoms with Gasteiger partial charge >= 0.3 is 6.03 Å². The van der Waals surface area contributed by atoms with E-state index in [0.29, 0.717) is 11.3 Å². The number of carbonyl (C=O) groups is 1.